The van der Waals surface area contributed by atoms with E-state index in [1.165, 1.54) is 46.8 Å². The molecular formula is C24H36OSi. The van der Waals surface area contributed by atoms with Crippen LogP contribution in [0.4, 0.5) is 0 Å². The molecule has 1 saturated heterocycles. The van der Waals surface area contributed by atoms with Crippen LogP contribution in [0.2, 0.25) is 17.6 Å². The lowest BCUT2D eigenvalue weighted by atomic mass is 9.85. The van der Waals surface area contributed by atoms with E-state index in [2.05, 4.69) is 67.5 Å². The van der Waals surface area contributed by atoms with Crippen LogP contribution >= 0.6 is 0 Å². The fraction of sp³-hybridized carbons (Fsp3) is 0.583. The van der Waals surface area contributed by atoms with Crippen molar-refractivity contribution in [1.29, 1.82) is 0 Å². The molecule has 26 heavy (non-hydrogen) atoms. The van der Waals surface area contributed by atoms with Crippen molar-refractivity contribution in [3.05, 3.63) is 45.6 Å². The highest BCUT2D eigenvalue weighted by molar-refractivity contribution is 6.95. The van der Waals surface area contributed by atoms with Crippen LogP contribution in [0, 0.1) is 6.92 Å². The molecule has 1 aromatic carbocycles. The SMILES string of the molecule is CC1=C(C)C([Si]2(c3cc(C)cc(C(C)(C)C)c3O)CCCC2)C(C)=C1C. The van der Waals surface area contributed by atoms with Crippen molar-refractivity contribution in [2.75, 3.05) is 0 Å². The van der Waals surface area contributed by atoms with Crippen LogP contribution in [0.15, 0.2) is 34.4 Å². The van der Waals surface area contributed by atoms with Gasteiger partial charge in [-0.25, -0.2) is 0 Å². The molecule has 1 aliphatic heterocycles. The van der Waals surface area contributed by atoms with Crippen LogP contribution in [-0.2, 0) is 5.41 Å². The van der Waals surface area contributed by atoms with E-state index >= 15 is 0 Å². The summed E-state index contributed by atoms with van der Waals surface area (Å²) in [6.07, 6.45) is 2.64. The van der Waals surface area contributed by atoms with Gasteiger partial charge in [-0.05, 0) is 61.9 Å². The molecule has 1 fully saturated rings. The lowest BCUT2D eigenvalue weighted by Crippen LogP contribution is -2.50. The van der Waals surface area contributed by atoms with Gasteiger partial charge in [0.25, 0.3) is 0 Å². The summed E-state index contributed by atoms with van der Waals surface area (Å²) in [4.78, 5) is 0. The van der Waals surface area contributed by atoms with E-state index < -0.39 is 8.07 Å². The maximum absolute atomic E-state index is 11.4. The third-order valence-electron chi connectivity index (χ3n) is 7.26. The van der Waals surface area contributed by atoms with Crippen LogP contribution < -0.4 is 5.19 Å². The number of allylic oxidation sites excluding steroid dienone is 4. The fourth-order valence-electron chi connectivity index (χ4n) is 5.63. The third-order valence-corrected chi connectivity index (χ3v) is 13.2. The Bertz CT molecular complexity index is 774. The van der Waals surface area contributed by atoms with Crippen LogP contribution in [-0.4, -0.2) is 13.2 Å². The molecule has 0 spiro atoms. The first-order valence-electron chi connectivity index (χ1n) is 10.2. The highest BCUT2D eigenvalue weighted by atomic mass is 28.3. The second kappa shape index (κ2) is 6.40. The van der Waals surface area contributed by atoms with Gasteiger partial charge in [0.2, 0.25) is 0 Å². The summed E-state index contributed by atoms with van der Waals surface area (Å²) in [7, 11) is -1.84. The van der Waals surface area contributed by atoms with E-state index in [0.717, 1.165) is 5.56 Å². The number of phenols is 1. The van der Waals surface area contributed by atoms with Crippen LogP contribution in [0.1, 0.15) is 72.4 Å². The summed E-state index contributed by atoms with van der Waals surface area (Å²) < 4.78 is 0. The van der Waals surface area contributed by atoms with Crippen molar-refractivity contribution >= 4 is 13.3 Å². The molecule has 1 nitrogen and oxygen atoms in total. The Morgan fingerprint density at radius 1 is 0.885 bits per heavy atom. The van der Waals surface area contributed by atoms with E-state index in [1.54, 1.807) is 11.1 Å². The van der Waals surface area contributed by atoms with E-state index in [1.807, 2.05) is 0 Å². The van der Waals surface area contributed by atoms with E-state index in [0.29, 0.717) is 11.3 Å². The van der Waals surface area contributed by atoms with Crippen LogP contribution in [0.5, 0.6) is 5.75 Å². The summed E-state index contributed by atoms with van der Waals surface area (Å²) in [6.45, 7) is 18.1. The van der Waals surface area contributed by atoms with Gasteiger partial charge in [0.05, 0.1) is 0 Å². The van der Waals surface area contributed by atoms with Gasteiger partial charge < -0.3 is 5.11 Å². The molecule has 0 bridgehead atoms. The number of phenolic OH excluding ortho intramolecular Hbond substituents is 1. The quantitative estimate of drug-likeness (QED) is 0.590. The molecule has 3 rings (SSSR count). The molecule has 0 saturated carbocycles. The van der Waals surface area contributed by atoms with Crippen molar-refractivity contribution in [3.63, 3.8) is 0 Å². The second-order valence-corrected chi connectivity index (χ2v) is 14.3. The Hall–Kier alpha value is -1.28. The molecule has 1 N–H and O–H groups in total. The Morgan fingerprint density at radius 2 is 1.38 bits per heavy atom. The molecule has 0 aromatic heterocycles. The van der Waals surface area contributed by atoms with Crippen LogP contribution in [0.3, 0.4) is 0 Å². The van der Waals surface area contributed by atoms with E-state index in [-0.39, 0.29) is 5.41 Å². The van der Waals surface area contributed by atoms with Gasteiger partial charge in [-0.1, -0.05) is 74.5 Å². The molecule has 1 aromatic rings. The average molecular weight is 369 g/mol. The zero-order chi connectivity index (χ0) is 19.4. The van der Waals surface area contributed by atoms with Gasteiger partial charge in [0.15, 0.2) is 0 Å². The minimum atomic E-state index is -1.84. The molecule has 1 aliphatic carbocycles. The van der Waals surface area contributed by atoms with Gasteiger partial charge >= 0.3 is 0 Å². The maximum Gasteiger partial charge on any atom is 0.118 e. The Kier molecular flexibility index (Phi) is 4.80. The van der Waals surface area contributed by atoms with Gasteiger partial charge in [-0.3, -0.25) is 0 Å². The number of rotatable bonds is 2. The van der Waals surface area contributed by atoms with Crippen molar-refractivity contribution < 1.29 is 5.11 Å². The number of hydrogen-bond donors (Lipinski definition) is 1. The van der Waals surface area contributed by atoms with Crippen molar-refractivity contribution in [2.24, 2.45) is 0 Å². The number of hydrogen-bond acceptors (Lipinski definition) is 1. The molecular weight excluding hydrogens is 332 g/mol. The van der Waals surface area contributed by atoms with E-state index in [9.17, 15) is 5.11 Å². The molecule has 0 amide bonds. The fourth-order valence-corrected chi connectivity index (χ4v) is 12.3. The summed E-state index contributed by atoms with van der Waals surface area (Å²) in [5.41, 5.74) is 9.11. The van der Waals surface area contributed by atoms with Gasteiger partial charge in [-0.15, -0.1) is 0 Å². The number of benzene rings is 1. The van der Waals surface area contributed by atoms with Crippen molar-refractivity contribution in [2.45, 2.75) is 91.3 Å². The first-order chi connectivity index (χ1) is 12.0. The summed E-state index contributed by atoms with van der Waals surface area (Å²) >= 11 is 0. The minimum Gasteiger partial charge on any atom is -0.508 e. The summed E-state index contributed by atoms with van der Waals surface area (Å²) in [5, 5.41) is 12.8. The third kappa shape index (κ3) is 2.81. The lowest BCUT2D eigenvalue weighted by Gasteiger charge is -2.38. The van der Waals surface area contributed by atoms with Gasteiger partial charge in [-0.2, -0.15) is 0 Å². The molecule has 0 radical (unpaired) electrons. The number of aryl methyl sites for hydroxylation is 1. The maximum atomic E-state index is 11.4. The zero-order valence-electron chi connectivity index (χ0n) is 18.0. The largest absolute Gasteiger partial charge is 0.508 e. The Morgan fingerprint density at radius 3 is 1.85 bits per heavy atom. The molecule has 1 heterocycles. The molecule has 0 unspecified atom stereocenters. The standard InChI is InChI=1S/C24H36OSi/c1-15-13-20(24(6,7)8)22(25)21(14-15)26(11-9-10-12-26)23-18(4)16(2)17(3)19(23)5/h13-14,23,25H,9-12H2,1-8H3. The molecule has 142 valence electrons. The van der Waals surface area contributed by atoms with E-state index in [4.69, 9.17) is 0 Å². The molecule has 0 atom stereocenters. The Balaban J connectivity index is 2.28. The Labute approximate surface area is 161 Å². The monoisotopic (exact) mass is 368 g/mol. The smallest absolute Gasteiger partial charge is 0.118 e. The summed E-state index contributed by atoms with van der Waals surface area (Å²) in [6, 6.07) is 7.17. The predicted octanol–water partition coefficient (Wildman–Crippen LogP) is 6.50. The molecule has 2 aliphatic rings. The average Bonchev–Trinajstić information content (AvgIpc) is 3.10. The first kappa shape index (κ1) is 19.5. The highest BCUT2D eigenvalue weighted by Gasteiger charge is 2.50. The van der Waals surface area contributed by atoms with Crippen LogP contribution in [0.25, 0.3) is 0 Å². The van der Waals surface area contributed by atoms with Crippen molar-refractivity contribution in [3.8, 4) is 5.75 Å². The number of aromatic hydroxyl groups is 1. The topological polar surface area (TPSA) is 20.2 Å². The highest BCUT2D eigenvalue weighted by Crippen LogP contribution is 2.53. The summed E-state index contributed by atoms with van der Waals surface area (Å²) in [5.74, 6) is 0.611. The molecule has 2 heteroatoms. The first-order valence-corrected chi connectivity index (χ1v) is 12.7. The lowest BCUT2D eigenvalue weighted by molar-refractivity contribution is 0.450. The zero-order valence-corrected chi connectivity index (χ0v) is 19.0. The minimum absolute atomic E-state index is 0.0314. The van der Waals surface area contributed by atoms with Gasteiger partial charge in [0, 0.05) is 5.54 Å². The predicted molar refractivity (Wildman–Crippen MR) is 116 cm³/mol. The second-order valence-electron chi connectivity index (χ2n) is 9.87. The van der Waals surface area contributed by atoms with Gasteiger partial charge in [0.1, 0.15) is 13.8 Å². The normalized spacial score (nSPS) is 21.2. The van der Waals surface area contributed by atoms with Crippen molar-refractivity contribution in [1.82, 2.24) is 0 Å².